The average molecular weight is 493 g/mol. The van der Waals surface area contributed by atoms with Crippen molar-refractivity contribution in [2.75, 3.05) is 13.1 Å². The van der Waals surface area contributed by atoms with Crippen LogP contribution in [-0.4, -0.2) is 29.8 Å². The smallest absolute Gasteiger partial charge is 0.286 e. The van der Waals surface area contributed by atoms with Gasteiger partial charge in [-0.1, -0.05) is 45.9 Å². The zero-order valence-electron chi connectivity index (χ0n) is 21.3. The van der Waals surface area contributed by atoms with Crippen molar-refractivity contribution in [2.24, 2.45) is 5.41 Å². The molecule has 1 atom stereocenters. The molecule has 0 aliphatic carbocycles. The van der Waals surface area contributed by atoms with Crippen molar-refractivity contribution in [1.29, 1.82) is 0 Å². The molecule has 0 saturated heterocycles. The highest BCUT2D eigenvalue weighted by atomic mass is 19.1. The minimum absolute atomic E-state index is 0.0122. The lowest BCUT2D eigenvalue weighted by Crippen LogP contribution is -2.45. The van der Waals surface area contributed by atoms with Crippen molar-refractivity contribution in [3.05, 3.63) is 88.6 Å². The Morgan fingerprint density at radius 1 is 1.14 bits per heavy atom. The van der Waals surface area contributed by atoms with Gasteiger partial charge in [-0.15, -0.1) is 0 Å². The van der Waals surface area contributed by atoms with E-state index in [9.17, 15) is 14.0 Å². The van der Waals surface area contributed by atoms with Crippen LogP contribution in [0, 0.1) is 11.2 Å². The Hall–Kier alpha value is -3.61. The highest BCUT2D eigenvalue weighted by Gasteiger charge is 2.37. The Morgan fingerprint density at radius 2 is 1.94 bits per heavy atom. The molecule has 7 heteroatoms. The minimum atomic E-state index is -0.572. The zero-order chi connectivity index (χ0) is 25.9. The monoisotopic (exact) mass is 492 g/mol. The summed E-state index contributed by atoms with van der Waals surface area (Å²) in [6.07, 6.45) is 1.55. The van der Waals surface area contributed by atoms with Gasteiger partial charge in [-0.05, 0) is 65.9 Å². The molecule has 1 aliphatic rings. The van der Waals surface area contributed by atoms with Crippen molar-refractivity contribution < 1.29 is 23.1 Å². The largest absolute Gasteiger partial charge is 0.486 e. The normalized spacial score (nSPS) is 15.4. The Labute approximate surface area is 211 Å². The first kappa shape index (κ1) is 25.5. The fourth-order valence-electron chi connectivity index (χ4n) is 4.43. The van der Waals surface area contributed by atoms with Crippen molar-refractivity contribution in [2.45, 2.75) is 53.2 Å². The number of carbonyl (C=O) groups excluding carboxylic acids is 2. The lowest BCUT2D eigenvalue weighted by Gasteiger charge is -2.41. The molecule has 1 unspecified atom stereocenters. The molecule has 0 fully saturated rings. The van der Waals surface area contributed by atoms with E-state index < -0.39 is 11.5 Å². The Bertz CT molecular complexity index is 1240. The van der Waals surface area contributed by atoms with Crippen LogP contribution in [0.4, 0.5) is 4.39 Å². The van der Waals surface area contributed by atoms with Gasteiger partial charge < -0.3 is 19.4 Å². The predicted octanol–water partition coefficient (Wildman–Crippen LogP) is 5.66. The number of hydrogen-bond acceptors (Lipinski definition) is 4. The second kappa shape index (κ2) is 10.6. The van der Waals surface area contributed by atoms with E-state index >= 15 is 0 Å². The van der Waals surface area contributed by atoms with E-state index in [4.69, 9.17) is 9.15 Å². The van der Waals surface area contributed by atoms with Crippen LogP contribution in [-0.2, 0) is 17.8 Å². The molecule has 0 radical (unpaired) electrons. The lowest BCUT2D eigenvalue weighted by molar-refractivity contribution is -0.141. The maximum Gasteiger partial charge on any atom is 0.286 e. The van der Waals surface area contributed by atoms with Gasteiger partial charge >= 0.3 is 0 Å². The van der Waals surface area contributed by atoms with E-state index in [0.717, 1.165) is 23.1 Å². The van der Waals surface area contributed by atoms with Crippen molar-refractivity contribution in [1.82, 2.24) is 10.2 Å². The van der Waals surface area contributed by atoms with Crippen LogP contribution in [0.15, 0.2) is 59.0 Å². The summed E-state index contributed by atoms with van der Waals surface area (Å²) < 4.78 is 25.8. The number of amides is 2. The molecule has 0 saturated carbocycles. The number of furan rings is 1. The highest BCUT2D eigenvalue weighted by molar-refractivity contribution is 5.91. The summed E-state index contributed by atoms with van der Waals surface area (Å²) in [5, 5.41) is 2.79. The van der Waals surface area contributed by atoms with Gasteiger partial charge in [0.25, 0.3) is 5.91 Å². The fourth-order valence-corrected chi connectivity index (χ4v) is 4.43. The molecule has 1 N–H and O–H groups in total. The van der Waals surface area contributed by atoms with Gasteiger partial charge in [0, 0.05) is 18.5 Å². The maximum absolute atomic E-state index is 14.2. The van der Waals surface area contributed by atoms with E-state index in [1.54, 1.807) is 18.2 Å². The molecule has 1 aliphatic heterocycles. The van der Waals surface area contributed by atoms with Gasteiger partial charge in [0.1, 0.15) is 23.9 Å². The van der Waals surface area contributed by atoms with Gasteiger partial charge in [-0.3, -0.25) is 9.59 Å². The van der Waals surface area contributed by atoms with E-state index in [0.29, 0.717) is 31.0 Å². The summed E-state index contributed by atoms with van der Waals surface area (Å²) in [5.41, 5.74) is 2.17. The topological polar surface area (TPSA) is 71.8 Å². The number of benzene rings is 2. The van der Waals surface area contributed by atoms with Gasteiger partial charge in [-0.25, -0.2) is 4.39 Å². The second-order valence-electron chi connectivity index (χ2n) is 10.1. The first-order valence-electron chi connectivity index (χ1n) is 12.4. The lowest BCUT2D eigenvalue weighted by atomic mass is 9.85. The van der Waals surface area contributed by atoms with E-state index in [2.05, 4.69) is 5.32 Å². The van der Waals surface area contributed by atoms with Crippen LogP contribution in [0.25, 0.3) is 0 Å². The summed E-state index contributed by atoms with van der Waals surface area (Å²) in [4.78, 5) is 27.3. The van der Waals surface area contributed by atoms with E-state index in [1.165, 1.54) is 12.1 Å². The first-order chi connectivity index (χ1) is 17.2. The number of rotatable bonds is 7. The third-order valence-corrected chi connectivity index (χ3v) is 6.21. The molecular weight excluding hydrogens is 459 g/mol. The number of nitrogens with one attached hydrogen (secondary N) is 1. The Morgan fingerprint density at radius 3 is 2.67 bits per heavy atom. The second-order valence-corrected chi connectivity index (χ2v) is 10.1. The Kier molecular flexibility index (Phi) is 7.48. The number of carbonyl (C=O) groups is 2. The summed E-state index contributed by atoms with van der Waals surface area (Å²) >= 11 is 0. The van der Waals surface area contributed by atoms with Gasteiger partial charge in [0.05, 0.1) is 6.04 Å². The van der Waals surface area contributed by atoms with E-state index in [1.807, 2.05) is 56.9 Å². The third-order valence-electron chi connectivity index (χ3n) is 6.21. The molecule has 190 valence electrons. The predicted molar refractivity (Wildman–Crippen MR) is 135 cm³/mol. The number of nitrogens with zero attached hydrogens (tertiary/aromatic N) is 1. The quantitative estimate of drug-likeness (QED) is 0.462. The molecular formula is C29H33FN2O4. The Balaban J connectivity index is 1.60. The number of halogens is 1. The molecule has 2 amide bonds. The number of fused-ring (bicyclic) bond motifs is 1. The van der Waals surface area contributed by atoms with Gasteiger partial charge in [0.2, 0.25) is 5.91 Å². The minimum Gasteiger partial charge on any atom is -0.486 e. The highest BCUT2D eigenvalue weighted by Crippen LogP contribution is 2.39. The van der Waals surface area contributed by atoms with Crippen LogP contribution in [0.1, 0.15) is 73.2 Å². The molecule has 4 rings (SSSR count). The first-order valence-corrected chi connectivity index (χ1v) is 12.4. The molecule has 1 aromatic heterocycles. The third kappa shape index (κ3) is 5.61. The number of hydrogen-bond donors (Lipinski definition) is 1. The van der Waals surface area contributed by atoms with Crippen LogP contribution in [0.5, 0.6) is 5.75 Å². The summed E-state index contributed by atoms with van der Waals surface area (Å²) in [6, 6.07) is 15.2. The van der Waals surface area contributed by atoms with Crippen LogP contribution >= 0.6 is 0 Å². The van der Waals surface area contributed by atoms with Gasteiger partial charge in [-0.2, -0.15) is 0 Å². The average Bonchev–Trinajstić information content (AvgIpc) is 3.33. The molecule has 6 nitrogen and oxygen atoms in total. The fraction of sp³-hybridized carbons (Fsp3) is 0.379. The molecule has 0 spiro atoms. The van der Waals surface area contributed by atoms with Crippen molar-refractivity contribution in [3.63, 3.8) is 0 Å². The SMILES string of the molecule is CCCNC(=O)c1ccc(COc2ccc3c(c2)C(c2cccc(F)c2)N(C(=O)C(C)(C)C)CC3)o1. The summed E-state index contributed by atoms with van der Waals surface area (Å²) in [5.74, 6) is 0.799. The molecule has 3 aromatic rings. The maximum atomic E-state index is 14.2. The molecule has 36 heavy (non-hydrogen) atoms. The summed E-state index contributed by atoms with van der Waals surface area (Å²) in [7, 11) is 0. The standard InChI is InChI=1S/C29H33FN2O4/c1-5-14-31-27(33)25-12-11-23(36-25)18-35-22-10-9-19-13-15-32(28(34)29(2,3)4)26(24(19)17-22)20-7-6-8-21(30)16-20/h6-12,16-17,26H,5,13-15,18H2,1-4H3,(H,31,33). The number of ether oxygens (including phenoxy) is 1. The van der Waals surface area contributed by atoms with Crippen LogP contribution < -0.4 is 10.1 Å². The molecule has 2 heterocycles. The summed E-state index contributed by atoms with van der Waals surface area (Å²) in [6.45, 7) is 8.96. The van der Waals surface area contributed by atoms with Gasteiger partial charge in [0.15, 0.2) is 5.76 Å². The van der Waals surface area contributed by atoms with Crippen LogP contribution in [0.2, 0.25) is 0 Å². The van der Waals surface area contributed by atoms with Crippen molar-refractivity contribution in [3.8, 4) is 5.75 Å². The molecule has 0 bridgehead atoms. The zero-order valence-corrected chi connectivity index (χ0v) is 21.3. The van der Waals surface area contributed by atoms with Crippen LogP contribution in [0.3, 0.4) is 0 Å². The molecule has 2 aromatic carbocycles. The van der Waals surface area contributed by atoms with E-state index in [-0.39, 0.29) is 30.0 Å². The van der Waals surface area contributed by atoms with Crippen molar-refractivity contribution >= 4 is 11.8 Å².